The first-order valence-corrected chi connectivity index (χ1v) is 9.16. The number of nitrogens with zero attached hydrogens (tertiary/aromatic N) is 4. The topological polar surface area (TPSA) is 84.7 Å². The van der Waals surface area contributed by atoms with Crippen LogP contribution in [0.3, 0.4) is 0 Å². The molecule has 0 aliphatic rings. The second kappa shape index (κ2) is 7.86. The molecule has 0 radical (unpaired) electrons. The van der Waals surface area contributed by atoms with E-state index in [2.05, 4.69) is 25.7 Å². The van der Waals surface area contributed by atoms with Crippen LogP contribution in [-0.2, 0) is 11.3 Å². The van der Waals surface area contributed by atoms with Crippen molar-refractivity contribution < 1.29 is 13.6 Å². The molecule has 30 heavy (non-hydrogen) atoms. The van der Waals surface area contributed by atoms with Gasteiger partial charge < -0.3 is 10.6 Å². The summed E-state index contributed by atoms with van der Waals surface area (Å²) in [6.45, 7) is 1.86. The number of likely N-dealkylation sites (N-methyl/N-ethyl adjacent to an activating group) is 1. The lowest BCUT2D eigenvalue weighted by Gasteiger charge is -2.15. The minimum Gasteiger partial charge on any atom is -0.358 e. The molecule has 0 spiro atoms. The molecule has 3 heterocycles. The van der Waals surface area contributed by atoms with E-state index in [4.69, 9.17) is 0 Å². The molecule has 0 fully saturated rings. The first-order valence-electron chi connectivity index (χ1n) is 9.16. The number of hydrogen-bond donors (Lipinski definition) is 2. The molecule has 0 saturated carbocycles. The predicted molar refractivity (Wildman–Crippen MR) is 109 cm³/mol. The molecule has 4 rings (SSSR count). The van der Waals surface area contributed by atoms with Gasteiger partial charge in [0, 0.05) is 25.0 Å². The van der Waals surface area contributed by atoms with Crippen LogP contribution < -0.4 is 10.6 Å². The minimum absolute atomic E-state index is 0.0117. The fourth-order valence-corrected chi connectivity index (χ4v) is 3.16. The van der Waals surface area contributed by atoms with Gasteiger partial charge in [-0.3, -0.25) is 19.4 Å². The van der Waals surface area contributed by atoms with E-state index in [1.54, 1.807) is 37.8 Å². The monoisotopic (exact) mass is 408 g/mol. The largest absolute Gasteiger partial charge is 0.358 e. The Morgan fingerprint density at radius 1 is 1.10 bits per heavy atom. The predicted octanol–water partition coefficient (Wildman–Crippen LogP) is 3.57. The third-order valence-electron chi connectivity index (χ3n) is 4.58. The van der Waals surface area contributed by atoms with Crippen molar-refractivity contribution in [3.8, 4) is 11.3 Å². The van der Waals surface area contributed by atoms with Crippen molar-refractivity contribution in [1.29, 1.82) is 0 Å². The van der Waals surface area contributed by atoms with Crippen molar-refractivity contribution in [1.82, 2.24) is 25.1 Å². The molecule has 9 heteroatoms. The van der Waals surface area contributed by atoms with E-state index in [1.807, 2.05) is 6.92 Å². The molecular formula is C21H18F2N6O. The van der Waals surface area contributed by atoms with Crippen molar-refractivity contribution >= 4 is 28.3 Å². The highest BCUT2D eigenvalue weighted by molar-refractivity contribution is 5.92. The maximum Gasteiger partial charge on any atom is 0.241 e. The Labute approximate surface area is 170 Å². The van der Waals surface area contributed by atoms with Crippen molar-refractivity contribution in [3.05, 3.63) is 66.1 Å². The van der Waals surface area contributed by atoms with Crippen molar-refractivity contribution in [3.63, 3.8) is 0 Å². The quantitative estimate of drug-likeness (QED) is 0.527. The van der Waals surface area contributed by atoms with E-state index >= 15 is 0 Å². The van der Waals surface area contributed by atoms with Gasteiger partial charge in [-0.2, -0.15) is 5.10 Å². The molecule has 0 unspecified atom stereocenters. The number of anilines is 2. The highest BCUT2D eigenvalue weighted by Gasteiger charge is 2.16. The van der Waals surface area contributed by atoms with Gasteiger partial charge in [0.2, 0.25) is 5.91 Å². The van der Waals surface area contributed by atoms with Crippen LogP contribution in [-0.4, -0.2) is 32.7 Å². The number of carbonyl (C=O) groups excluding carboxylic acids is 1. The highest BCUT2D eigenvalue weighted by atomic mass is 19.1. The normalized spacial score (nSPS) is 10.9. The van der Waals surface area contributed by atoms with Crippen molar-refractivity contribution in [2.75, 3.05) is 12.4 Å². The Bertz CT molecular complexity index is 1250. The number of benzene rings is 1. The van der Waals surface area contributed by atoms with Gasteiger partial charge in [0.1, 0.15) is 29.2 Å². The number of aromatic nitrogens is 4. The average molecular weight is 408 g/mol. The van der Waals surface area contributed by atoms with Crippen LogP contribution in [0.15, 0.2) is 48.9 Å². The SMILES string of the molecule is CNC(=O)Cn1ncc2nccc(Nc3cc(C)cnc3-c3cc(F)ccc3F)c21. The Hall–Kier alpha value is -3.88. The van der Waals surface area contributed by atoms with Crippen LogP contribution in [0.1, 0.15) is 5.56 Å². The molecule has 4 aromatic rings. The third-order valence-corrected chi connectivity index (χ3v) is 4.58. The molecule has 0 bridgehead atoms. The molecule has 0 saturated heterocycles. The van der Waals surface area contributed by atoms with E-state index in [1.165, 1.54) is 4.68 Å². The lowest BCUT2D eigenvalue weighted by atomic mass is 10.1. The summed E-state index contributed by atoms with van der Waals surface area (Å²) in [6, 6.07) is 6.75. The Morgan fingerprint density at radius 3 is 2.73 bits per heavy atom. The first kappa shape index (κ1) is 19.4. The van der Waals surface area contributed by atoms with Gasteiger partial charge in [0.05, 0.1) is 23.3 Å². The number of aryl methyl sites for hydroxylation is 1. The minimum atomic E-state index is -0.583. The molecule has 3 aromatic heterocycles. The van der Waals surface area contributed by atoms with Crippen molar-refractivity contribution in [2.24, 2.45) is 0 Å². The summed E-state index contributed by atoms with van der Waals surface area (Å²) in [6.07, 6.45) is 4.75. The summed E-state index contributed by atoms with van der Waals surface area (Å²) >= 11 is 0. The fraction of sp³-hybridized carbons (Fsp3) is 0.143. The van der Waals surface area contributed by atoms with Gasteiger partial charge in [-0.1, -0.05) is 0 Å². The van der Waals surface area contributed by atoms with Gasteiger partial charge in [-0.05, 0) is 42.8 Å². The number of amides is 1. The van der Waals surface area contributed by atoms with Gasteiger partial charge in [0.25, 0.3) is 0 Å². The molecule has 2 N–H and O–H groups in total. The molecule has 0 atom stereocenters. The van der Waals surface area contributed by atoms with Crippen molar-refractivity contribution in [2.45, 2.75) is 13.5 Å². The number of hydrogen-bond acceptors (Lipinski definition) is 5. The fourth-order valence-electron chi connectivity index (χ4n) is 3.16. The summed E-state index contributed by atoms with van der Waals surface area (Å²) in [5.41, 5.74) is 3.42. The molecule has 1 amide bonds. The summed E-state index contributed by atoms with van der Waals surface area (Å²) in [5, 5.41) is 10.0. The zero-order valence-electron chi connectivity index (χ0n) is 16.3. The third kappa shape index (κ3) is 3.69. The number of nitrogens with one attached hydrogen (secondary N) is 2. The van der Waals surface area contributed by atoms with E-state index in [0.29, 0.717) is 22.4 Å². The average Bonchev–Trinajstić information content (AvgIpc) is 3.14. The molecule has 1 aromatic carbocycles. The molecule has 152 valence electrons. The smallest absolute Gasteiger partial charge is 0.241 e. The number of fused-ring (bicyclic) bond motifs is 1. The second-order valence-corrected chi connectivity index (χ2v) is 6.73. The van der Waals surface area contributed by atoms with Crippen LogP contribution in [0.25, 0.3) is 22.3 Å². The number of carbonyl (C=O) groups is 1. The van der Waals surface area contributed by atoms with Crippen LogP contribution >= 0.6 is 0 Å². The number of halogens is 2. The summed E-state index contributed by atoms with van der Waals surface area (Å²) in [7, 11) is 1.55. The first-order chi connectivity index (χ1) is 14.5. The Balaban J connectivity index is 1.83. The number of pyridine rings is 2. The Morgan fingerprint density at radius 2 is 1.93 bits per heavy atom. The van der Waals surface area contributed by atoms with Gasteiger partial charge in [-0.25, -0.2) is 8.78 Å². The van der Waals surface area contributed by atoms with Gasteiger partial charge >= 0.3 is 0 Å². The summed E-state index contributed by atoms with van der Waals surface area (Å²) in [4.78, 5) is 20.5. The summed E-state index contributed by atoms with van der Waals surface area (Å²) in [5.74, 6) is -1.36. The maximum absolute atomic E-state index is 14.4. The standard InChI is InChI=1S/C21H18F2N6O/c1-12-7-17(20(26-9-12)14-8-13(22)3-4-15(14)23)28-16-5-6-25-18-10-27-29(21(16)18)11-19(30)24-2/h3-10H,11H2,1-2H3,(H,24,30)(H,25,28). The second-order valence-electron chi connectivity index (χ2n) is 6.73. The zero-order chi connectivity index (χ0) is 21.3. The van der Waals surface area contributed by atoms with Gasteiger partial charge in [0.15, 0.2) is 0 Å². The molecule has 7 nitrogen and oxygen atoms in total. The van der Waals surface area contributed by atoms with E-state index in [0.717, 1.165) is 23.8 Å². The molecular weight excluding hydrogens is 390 g/mol. The van der Waals surface area contributed by atoms with E-state index < -0.39 is 11.6 Å². The number of rotatable bonds is 5. The van der Waals surface area contributed by atoms with Crippen LogP contribution in [0.2, 0.25) is 0 Å². The maximum atomic E-state index is 14.4. The lowest BCUT2D eigenvalue weighted by Crippen LogP contribution is -2.24. The van der Waals surface area contributed by atoms with Crippen LogP contribution in [0.5, 0.6) is 0 Å². The molecule has 0 aliphatic carbocycles. The van der Waals surface area contributed by atoms with Crippen LogP contribution in [0.4, 0.5) is 20.2 Å². The zero-order valence-corrected chi connectivity index (χ0v) is 16.3. The van der Waals surface area contributed by atoms with E-state index in [9.17, 15) is 13.6 Å². The van der Waals surface area contributed by atoms with E-state index in [-0.39, 0.29) is 23.7 Å². The van der Waals surface area contributed by atoms with Gasteiger partial charge in [-0.15, -0.1) is 0 Å². The summed E-state index contributed by atoms with van der Waals surface area (Å²) < 4.78 is 29.7. The lowest BCUT2D eigenvalue weighted by molar-refractivity contribution is -0.121. The Kier molecular flexibility index (Phi) is 5.09. The molecule has 0 aliphatic heterocycles. The van der Waals surface area contributed by atoms with Crippen LogP contribution in [0, 0.1) is 18.6 Å². The highest BCUT2D eigenvalue weighted by Crippen LogP contribution is 2.33.